The molecule has 1 aromatic heterocycles. The highest BCUT2D eigenvalue weighted by atomic mass is 79.9. The Morgan fingerprint density at radius 3 is 2.60 bits per heavy atom. The maximum absolute atomic E-state index is 12.9. The molecule has 0 unspecified atom stereocenters. The number of hydrogen-bond donors (Lipinski definition) is 1. The summed E-state index contributed by atoms with van der Waals surface area (Å²) in [6.07, 6.45) is 3.66. The normalized spacial score (nSPS) is 11.1. The molecule has 0 atom stereocenters. The van der Waals surface area contributed by atoms with E-state index < -0.39 is 0 Å². The van der Waals surface area contributed by atoms with Gasteiger partial charge in [0.25, 0.3) is 0 Å². The van der Waals surface area contributed by atoms with E-state index in [4.69, 9.17) is 4.74 Å². The van der Waals surface area contributed by atoms with Crippen LogP contribution in [0, 0.1) is 5.82 Å². The van der Waals surface area contributed by atoms with Gasteiger partial charge in [0.05, 0.1) is 6.61 Å². The van der Waals surface area contributed by atoms with Crippen molar-refractivity contribution in [1.82, 2.24) is 15.2 Å². The lowest BCUT2D eigenvalue weighted by molar-refractivity contribution is 0.344. The van der Waals surface area contributed by atoms with Crippen LogP contribution < -0.4 is 4.74 Å². The third kappa shape index (κ3) is 5.72. The Morgan fingerprint density at radius 1 is 1.08 bits per heavy atom. The minimum Gasteiger partial charge on any atom is -0.493 e. The number of H-pyrrole nitrogens is 1. The molecule has 0 aliphatic heterocycles. The number of nitrogens with zero attached hydrogens (tertiary/aromatic N) is 2. The van der Waals surface area contributed by atoms with E-state index in [9.17, 15) is 4.39 Å². The number of thioether (sulfide) groups is 1. The predicted octanol–water partition coefficient (Wildman–Crippen LogP) is 5.05. The Labute approximate surface area is 157 Å². The van der Waals surface area contributed by atoms with Crippen LogP contribution in [0.5, 0.6) is 5.75 Å². The third-order valence-corrected chi connectivity index (χ3v) is 4.52. The van der Waals surface area contributed by atoms with Crippen LogP contribution in [0.15, 0.2) is 58.2 Å². The van der Waals surface area contributed by atoms with Gasteiger partial charge in [-0.2, -0.15) is 0 Å². The van der Waals surface area contributed by atoms with Crippen molar-refractivity contribution < 1.29 is 9.13 Å². The second-order valence-electron chi connectivity index (χ2n) is 5.04. The zero-order valence-corrected chi connectivity index (χ0v) is 15.6. The van der Waals surface area contributed by atoms with Crippen molar-refractivity contribution in [2.45, 2.75) is 5.16 Å². The predicted molar refractivity (Wildman–Crippen MR) is 102 cm³/mol. The second kappa shape index (κ2) is 8.82. The zero-order chi connectivity index (χ0) is 17.5. The number of benzene rings is 2. The summed E-state index contributed by atoms with van der Waals surface area (Å²) in [6.45, 7) is 0.571. The van der Waals surface area contributed by atoms with Crippen LogP contribution in [0.25, 0.3) is 12.2 Å². The second-order valence-corrected chi connectivity index (χ2v) is 7.02. The third-order valence-electron chi connectivity index (χ3n) is 3.18. The molecule has 4 nitrogen and oxygen atoms in total. The summed E-state index contributed by atoms with van der Waals surface area (Å²) in [5, 5.41) is 7.68. The van der Waals surface area contributed by atoms with Crippen molar-refractivity contribution in [3.63, 3.8) is 0 Å². The van der Waals surface area contributed by atoms with E-state index in [1.165, 1.54) is 23.9 Å². The van der Waals surface area contributed by atoms with Crippen LogP contribution in [-0.4, -0.2) is 27.5 Å². The highest BCUT2D eigenvalue weighted by molar-refractivity contribution is 9.10. The first-order chi connectivity index (χ1) is 12.2. The van der Waals surface area contributed by atoms with E-state index in [1.54, 1.807) is 12.1 Å². The molecule has 0 saturated heterocycles. The maximum Gasteiger partial charge on any atom is 0.208 e. The van der Waals surface area contributed by atoms with Gasteiger partial charge in [-0.15, -0.1) is 5.10 Å². The average Bonchev–Trinajstić information content (AvgIpc) is 3.08. The van der Waals surface area contributed by atoms with Crippen LogP contribution in [0.3, 0.4) is 0 Å². The number of hydrogen-bond acceptors (Lipinski definition) is 4. The number of halogens is 2. The molecule has 25 heavy (non-hydrogen) atoms. The molecule has 0 spiro atoms. The zero-order valence-electron chi connectivity index (χ0n) is 13.2. The molecular formula is C18H15BrFN3OS. The molecule has 1 N–H and O–H groups in total. The average molecular weight is 420 g/mol. The highest BCUT2D eigenvalue weighted by Crippen LogP contribution is 2.18. The van der Waals surface area contributed by atoms with E-state index in [0.717, 1.165) is 21.5 Å². The van der Waals surface area contributed by atoms with Crippen molar-refractivity contribution in [2.75, 3.05) is 12.4 Å². The molecule has 0 saturated carbocycles. The first kappa shape index (κ1) is 17.7. The van der Waals surface area contributed by atoms with Crippen LogP contribution in [-0.2, 0) is 0 Å². The summed E-state index contributed by atoms with van der Waals surface area (Å²) >= 11 is 4.91. The molecule has 128 valence electrons. The van der Waals surface area contributed by atoms with E-state index in [0.29, 0.717) is 17.6 Å². The Morgan fingerprint density at radius 2 is 1.84 bits per heavy atom. The van der Waals surface area contributed by atoms with Crippen molar-refractivity contribution in [3.8, 4) is 5.75 Å². The Bertz CT molecular complexity index is 834. The van der Waals surface area contributed by atoms with Crippen molar-refractivity contribution >= 4 is 39.8 Å². The van der Waals surface area contributed by atoms with Gasteiger partial charge in [0.2, 0.25) is 5.16 Å². The minimum absolute atomic E-state index is 0.249. The summed E-state index contributed by atoms with van der Waals surface area (Å²) in [5.41, 5.74) is 0.898. The monoisotopic (exact) mass is 419 g/mol. The van der Waals surface area contributed by atoms with Gasteiger partial charge in [-0.05, 0) is 48.0 Å². The Kier molecular flexibility index (Phi) is 6.25. The van der Waals surface area contributed by atoms with Gasteiger partial charge in [0.1, 0.15) is 17.4 Å². The van der Waals surface area contributed by atoms with Crippen molar-refractivity contribution in [3.05, 3.63) is 70.2 Å². The number of ether oxygens (including phenoxy) is 1. The molecular weight excluding hydrogens is 405 g/mol. The quantitative estimate of drug-likeness (QED) is 0.430. The Balaban J connectivity index is 1.45. The standard InChI is InChI=1S/C18H15BrFN3OS/c19-14-4-8-16(9-5-14)24-11-12-25-18-21-17(22-23-18)10-3-13-1-6-15(20)7-2-13/h1-10H,11-12H2,(H,21,22,23)/b10-3+. The van der Waals surface area contributed by atoms with Crippen LogP contribution in [0.2, 0.25) is 0 Å². The summed E-state index contributed by atoms with van der Waals surface area (Å²) in [7, 11) is 0. The topological polar surface area (TPSA) is 50.8 Å². The van der Waals surface area contributed by atoms with Crippen LogP contribution >= 0.6 is 27.7 Å². The van der Waals surface area contributed by atoms with Gasteiger partial charge in [-0.25, -0.2) is 9.37 Å². The largest absolute Gasteiger partial charge is 0.493 e. The summed E-state index contributed by atoms with van der Waals surface area (Å²) in [6, 6.07) is 14.0. The molecule has 0 radical (unpaired) electrons. The molecule has 1 heterocycles. The lowest BCUT2D eigenvalue weighted by Crippen LogP contribution is -2.00. The number of rotatable bonds is 7. The fourth-order valence-electron chi connectivity index (χ4n) is 1.97. The molecule has 0 aliphatic carbocycles. The van der Waals surface area contributed by atoms with Crippen molar-refractivity contribution in [2.24, 2.45) is 0 Å². The number of aromatic nitrogens is 3. The van der Waals surface area contributed by atoms with E-state index in [2.05, 4.69) is 31.1 Å². The number of aromatic amines is 1. The summed E-state index contributed by atoms with van der Waals surface area (Å²) in [5.74, 6) is 1.98. The fraction of sp³-hybridized carbons (Fsp3) is 0.111. The summed E-state index contributed by atoms with van der Waals surface area (Å²) < 4.78 is 19.5. The lowest BCUT2D eigenvalue weighted by atomic mass is 10.2. The molecule has 3 aromatic rings. The number of nitrogens with one attached hydrogen (secondary N) is 1. The van der Waals surface area contributed by atoms with Crippen LogP contribution in [0.4, 0.5) is 4.39 Å². The molecule has 0 aliphatic rings. The minimum atomic E-state index is -0.249. The summed E-state index contributed by atoms with van der Waals surface area (Å²) in [4.78, 5) is 4.37. The van der Waals surface area contributed by atoms with Gasteiger partial charge < -0.3 is 4.74 Å². The fourth-order valence-corrected chi connectivity index (χ4v) is 2.86. The molecule has 7 heteroatoms. The maximum atomic E-state index is 12.9. The molecule has 0 bridgehead atoms. The molecule has 2 aromatic carbocycles. The smallest absolute Gasteiger partial charge is 0.208 e. The Hall–Kier alpha value is -2.12. The van der Waals surface area contributed by atoms with Crippen molar-refractivity contribution in [1.29, 1.82) is 0 Å². The van der Waals surface area contributed by atoms with Gasteiger partial charge in [0.15, 0.2) is 0 Å². The molecule has 0 fully saturated rings. The van der Waals surface area contributed by atoms with Crippen LogP contribution in [0.1, 0.15) is 11.4 Å². The highest BCUT2D eigenvalue weighted by Gasteiger charge is 2.02. The molecule has 0 amide bonds. The molecule has 3 rings (SSSR count). The lowest BCUT2D eigenvalue weighted by Gasteiger charge is -2.04. The van der Waals surface area contributed by atoms with E-state index in [-0.39, 0.29) is 5.82 Å². The van der Waals surface area contributed by atoms with Gasteiger partial charge in [0, 0.05) is 10.2 Å². The van der Waals surface area contributed by atoms with Gasteiger partial charge in [-0.3, -0.25) is 5.10 Å². The SMILES string of the molecule is Fc1ccc(/C=C/c2nc(SCCOc3ccc(Br)cc3)n[nH]2)cc1. The first-order valence-corrected chi connectivity index (χ1v) is 9.34. The first-order valence-electron chi connectivity index (χ1n) is 7.56. The van der Waals surface area contributed by atoms with Gasteiger partial charge in [-0.1, -0.05) is 45.9 Å². The van der Waals surface area contributed by atoms with Gasteiger partial charge >= 0.3 is 0 Å². The van der Waals surface area contributed by atoms with E-state index in [1.807, 2.05) is 36.4 Å². The van der Waals surface area contributed by atoms with E-state index >= 15 is 0 Å².